The molecule has 0 aliphatic heterocycles. The van der Waals surface area contributed by atoms with E-state index in [-0.39, 0.29) is 10.8 Å². The van der Waals surface area contributed by atoms with Gasteiger partial charge in [0.25, 0.3) is 0 Å². The highest BCUT2D eigenvalue weighted by molar-refractivity contribution is 7.89. The van der Waals surface area contributed by atoms with E-state index in [1.54, 1.807) is 50.3 Å². The maximum Gasteiger partial charge on any atom is 0.243 e. The summed E-state index contributed by atoms with van der Waals surface area (Å²) in [6.45, 7) is 5.87. The Morgan fingerprint density at radius 2 is 1.83 bits per heavy atom. The second kappa shape index (κ2) is 8.99. The van der Waals surface area contributed by atoms with Crippen LogP contribution in [0.3, 0.4) is 0 Å². The van der Waals surface area contributed by atoms with Gasteiger partial charge in [0.05, 0.1) is 21.0 Å². The van der Waals surface area contributed by atoms with E-state index in [9.17, 15) is 13.2 Å². The van der Waals surface area contributed by atoms with Gasteiger partial charge in [-0.2, -0.15) is 4.31 Å². The SMILES string of the molecule is CCN(CC)S(=O)(=O)c1ccc2nc(C(Cl)=Cc3ccc(NC(C)=O)cc3)[nH]c2c1. The van der Waals surface area contributed by atoms with Crippen molar-refractivity contribution >= 4 is 55.4 Å². The van der Waals surface area contributed by atoms with Gasteiger partial charge in [-0.05, 0) is 42.0 Å². The first-order chi connectivity index (χ1) is 14.2. The summed E-state index contributed by atoms with van der Waals surface area (Å²) in [6, 6.07) is 12.0. The molecule has 7 nitrogen and oxygen atoms in total. The number of sulfonamides is 1. The minimum absolute atomic E-state index is 0.138. The number of H-pyrrole nitrogens is 1. The lowest BCUT2D eigenvalue weighted by molar-refractivity contribution is -0.114. The number of benzene rings is 2. The van der Waals surface area contributed by atoms with Crippen molar-refractivity contribution in [3.63, 3.8) is 0 Å². The Balaban J connectivity index is 1.90. The van der Waals surface area contributed by atoms with Crippen molar-refractivity contribution in [2.45, 2.75) is 25.7 Å². The van der Waals surface area contributed by atoms with Crippen LogP contribution in [0.15, 0.2) is 47.4 Å². The smallest absolute Gasteiger partial charge is 0.243 e. The number of aromatic nitrogens is 2. The molecule has 0 saturated heterocycles. The number of fused-ring (bicyclic) bond motifs is 1. The molecule has 0 fully saturated rings. The number of nitrogens with one attached hydrogen (secondary N) is 2. The van der Waals surface area contributed by atoms with Gasteiger partial charge in [-0.15, -0.1) is 0 Å². The average molecular weight is 447 g/mol. The fraction of sp³-hybridized carbons (Fsp3) is 0.238. The molecule has 0 atom stereocenters. The van der Waals surface area contributed by atoms with Gasteiger partial charge >= 0.3 is 0 Å². The normalized spacial score (nSPS) is 12.5. The number of imidazole rings is 1. The first-order valence-electron chi connectivity index (χ1n) is 9.49. The molecule has 0 bridgehead atoms. The van der Waals surface area contributed by atoms with Crippen molar-refractivity contribution in [2.75, 3.05) is 18.4 Å². The molecule has 0 unspecified atom stereocenters. The molecule has 1 heterocycles. The number of amides is 1. The molecule has 9 heteroatoms. The van der Waals surface area contributed by atoms with Crippen LogP contribution in [-0.2, 0) is 14.8 Å². The van der Waals surface area contributed by atoms with Crippen molar-refractivity contribution in [3.05, 3.63) is 53.9 Å². The molecule has 158 valence electrons. The summed E-state index contributed by atoms with van der Waals surface area (Å²) in [4.78, 5) is 18.9. The number of anilines is 1. The van der Waals surface area contributed by atoms with Crippen molar-refractivity contribution in [1.29, 1.82) is 0 Å². The highest BCUT2D eigenvalue weighted by atomic mass is 35.5. The molecule has 0 spiro atoms. The van der Waals surface area contributed by atoms with Crippen LogP contribution in [-0.4, -0.2) is 41.7 Å². The summed E-state index contributed by atoms with van der Waals surface area (Å²) in [5.74, 6) is 0.302. The quantitative estimate of drug-likeness (QED) is 0.566. The van der Waals surface area contributed by atoms with Crippen LogP contribution in [0.1, 0.15) is 32.2 Å². The summed E-state index contributed by atoms with van der Waals surface area (Å²) in [5, 5.41) is 3.09. The highest BCUT2D eigenvalue weighted by Crippen LogP contribution is 2.26. The number of rotatable bonds is 7. The third-order valence-corrected chi connectivity index (χ3v) is 6.88. The van der Waals surface area contributed by atoms with Crippen molar-refractivity contribution in [1.82, 2.24) is 14.3 Å². The molecule has 3 rings (SSSR count). The molecule has 3 aromatic rings. The first-order valence-corrected chi connectivity index (χ1v) is 11.3. The predicted molar refractivity (Wildman–Crippen MR) is 121 cm³/mol. The van der Waals surface area contributed by atoms with Crippen LogP contribution in [0.5, 0.6) is 0 Å². The van der Waals surface area contributed by atoms with E-state index in [0.29, 0.717) is 40.7 Å². The Morgan fingerprint density at radius 1 is 1.17 bits per heavy atom. The van der Waals surface area contributed by atoms with E-state index < -0.39 is 10.0 Å². The van der Waals surface area contributed by atoms with Crippen LogP contribution in [0.2, 0.25) is 0 Å². The van der Waals surface area contributed by atoms with Crippen LogP contribution >= 0.6 is 11.6 Å². The van der Waals surface area contributed by atoms with E-state index in [0.717, 1.165) is 5.56 Å². The molecule has 0 saturated carbocycles. The number of aromatic amines is 1. The number of hydrogen-bond acceptors (Lipinski definition) is 4. The number of halogens is 1. The van der Waals surface area contributed by atoms with Crippen LogP contribution in [0.25, 0.3) is 22.1 Å². The van der Waals surface area contributed by atoms with E-state index in [4.69, 9.17) is 11.6 Å². The molecular formula is C21H23ClN4O3S. The van der Waals surface area contributed by atoms with Gasteiger partial charge in [0, 0.05) is 25.7 Å². The van der Waals surface area contributed by atoms with Gasteiger partial charge in [0.15, 0.2) is 0 Å². The zero-order chi connectivity index (χ0) is 21.9. The maximum absolute atomic E-state index is 12.7. The van der Waals surface area contributed by atoms with Crippen molar-refractivity contribution < 1.29 is 13.2 Å². The molecule has 2 aromatic carbocycles. The molecule has 1 amide bonds. The largest absolute Gasteiger partial charge is 0.337 e. The van der Waals surface area contributed by atoms with E-state index in [1.165, 1.54) is 11.2 Å². The number of hydrogen-bond donors (Lipinski definition) is 2. The Bertz CT molecular complexity index is 1200. The van der Waals surface area contributed by atoms with Crippen LogP contribution in [0.4, 0.5) is 5.69 Å². The van der Waals surface area contributed by atoms with E-state index >= 15 is 0 Å². The second-order valence-corrected chi connectivity index (χ2v) is 8.99. The second-order valence-electron chi connectivity index (χ2n) is 6.65. The summed E-state index contributed by atoms with van der Waals surface area (Å²) in [5.41, 5.74) is 2.74. The van der Waals surface area contributed by atoms with E-state index in [1.807, 2.05) is 12.1 Å². The van der Waals surface area contributed by atoms with Crippen LogP contribution in [0, 0.1) is 0 Å². The summed E-state index contributed by atoms with van der Waals surface area (Å²) in [7, 11) is -3.56. The predicted octanol–water partition coefficient (Wildman–Crippen LogP) is 4.29. The first kappa shape index (κ1) is 22.0. The summed E-state index contributed by atoms with van der Waals surface area (Å²) >= 11 is 6.43. The third-order valence-electron chi connectivity index (χ3n) is 4.55. The lowest BCUT2D eigenvalue weighted by Crippen LogP contribution is -2.30. The lowest BCUT2D eigenvalue weighted by atomic mass is 10.2. The summed E-state index contributed by atoms with van der Waals surface area (Å²) < 4.78 is 26.9. The lowest BCUT2D eigenvalue weighted by Gasteiger charge is -2.18. The van der Waals surface area contributed by atoms with E-state index in [2.05, 4.69) is 15.3 Å². The molecule has 0 aliphatic rings. The van der Waals surface area contributed by atoms with Crippen LogP contribution < -0.4 is 5.32 Å². The fourth-order valence-corrected chi connectivity index (χ4v) is 4.76. The monoisotopic (exact) mass is 446 g/mol. The Kier molecular flexibility index (Phi) is 6.60. The Hall–Kier alpha value is -2.68. The molecule has 0 aliphatic carbocycles. The van der Waals surface area contributed by atoms with Gasteiger partial charge in [-0.25, -0.2) is 13.4 Å². The van der Waals surface area contributed by atoms with Gasteiger partial charge in [-0.3, -0.25) is 4.79 Å². The van der Waals surface area contributed by atoms with Crippen molar-refractivity contribution in [2.24, 2.45) is 0 Å². The number of carbonyl (C=O) groups is 1. The average Bonchev–Trinajstić information content (AvgIpc) is 3.13. The molecule has 1 aromatic heterocycles. The summed E-state index contributed by atoms with van der Waals surface area (Å²) in [6.07, 6.45) is 1.74. The maximum atomic E-state index is 12.7. The van der Waals surface area contributed by atoms with Gasteiger partial charge in [0.2, 0.25) is 15.9 Å². The standard InChI is InChI=1S/C21H23ClN4O3S/c1-4-26(5-2)30(28,29)17-10-11-19-20(13-17)25-21(24-19)18(22)12-15-6-8-16(9-7-15)23-14(3)27/h6-13H,4-5H2,1-3H3,(H,23,27)(H,24,25). The molecule has 30 heavy (non-hydrogen) atoms. The zero-order valence-corrected chi connectivity index (χ0v) is 18.5. The molecular weight excluding hydrogens is 424 g/mol. The molecule has 2 N–H and O–H groups in total. The zero-order valence-electron chi connectivity index (χ0n) is 16.9. The third kappa shape index (κ3) is 4.72. The minimum Gasteiger partial charge on any atom is -0.337 e. The molecule has 0 radical (unpaired) electrons. The highest BCUT2D eigenvalue weighted by Gasteiger charge is 2.22. The fourth-order valence-electron chi connectivity index (χ4n) is 3.06. The topological polar surface area (TPSA) is 95.2 Å². The van der Waals surface area contributed by atoms with Gasteiger partial charge in [0.1, 0.15) is 5.82 Å². The number of nitrogens with zero attached hydrogens (tertiary/aromatic N) is 2. The van der Waals surface area contributed by atoms with Gasteiger partial charge in [-0.1, -0.05) is 37.6 Å². The Labute approximate surface area is 180 Å². The van der Waals surface area contributed by atoms with Crippen molar-refractivity contribution in [3.8, 4) is 0 Å². The Morgan fingerprint density at radius 3 is 2.43 bits per heavy atom. The minimum atomic E-state index is -3.56. The van der Waals surface area contributed by atoms with Gasteiger partial charge < -0.3 is 10.3 Å². The number of carbonyl (C=O) groups excluding carboxylic acids is 1.